The third-order valence-electron chi connectivity index (χ3n) is 3.49. The van der Waals surface area contributed by atoms with E-state index in [0.29, 0.717) is 18.0 Å². The third-order valence-corrected chi connectivity index (χ3v) is 3.49. The predicted molar refractivity (Wildman–Crippen MR) is 75.1 cm³/mol. The lowest BCUT2D eigenvalue weighted by Crippen LogP contribution is -2.41. The highest BCUT2D eigenvalue weighted by Crippen LogP contribution is 2.32. The molecule has 108 valence electrons. The quantitative estimate of drug-likeness (QED) is 0.801. The van der Waals surface area contributed by atoms with Crippen molar-refractivity contribution in [3.8, 4) is 0 Å². The molecule has 0 saturated heterocycles. The van der Waals surface area contributed by atoms with Gasteiger partial charge in [0, 0.05) is 19.2 Å². The van der Waals surface area contributed by atoms with Gasteiger partial charge in [-0.1, -0.05) is 18.2 Å². The van der Waals surface area contributed by atoms with Crippen molar-refractivity contribution in [3.63, 3.8) is 0 Å². The van der Waals surface area contributed by atoms with E-state index in [-0.39, 0.29) is 18.4 Å². The van der Waals surface area contributed by atoms with Crippen LogP contribution in [0.4, 0.5) is 0 Å². The van der Waals surface area contributed by atoms with Crippen LogP contribution in [0.5, 0.6) is 0 Å². The second-order valence-corrected chi connectivity index (χ2v) is 5.23. The molecule has 0 aromatic heterocycles. The molecule has 2 amide bonds. The maximum Gasteiger partial charge on any atom is 0.251 e. The summed E-state index contributed by atoms with van der Waals surface area (Å²) in [5.41, 5.74) is 0.529. The number of benzene rings is 1. The monoisotopic (exact) mass is 276 g/mol. The topological polar surface area (TPSA) is 69.6 Å². The molecule has 0 aliphatic heterocycles. The first-order chi connectivity index (χ1) is 9.58. The maximum atomic E-state index is 11.9. The fourth-order valence-corrected chi connectivity index (χ4v) is 1.99. The van der Waals surface area contributed by atoms with Gasteiger partial charge in [0.1, 0.15) is 0 Å². The van der Waals surface area contributed by atoms with E-state index >= 15 is 0 Å². The third kappa shape index (κ3) is 4.06. The van der Waals surface area contributed by atoms with Crippen LogP contribution in [0.2, 0.25) is 0 Å². The number of hydrogen-bond donors (Lipinski definition) is 2. The van der Waals surface area contributed by atoms with E-state index in [1.54, 1.807) is 31.3 Å². The normalized spacial score (nSPS) is 15.5. The van der Waals surface area contributed by atoms with Crippen molar-refractivity contribution < 1.29 is 14.7 Å². The number of nitrogens with zero attached hydrogens (tertiary/aromatic N) is 1. The van der Waals surface area contributed by atoms with Gasteiger partial charge in [0.25, 0.3) is 5.91 Å². The number of rotatable bonds is 6. The fourth-order valence-electron chi connectivity index (χ4n) is 1.99. The Balaban J connectivity index is 1.75. The molecular formula is C15H20N2O3. The molecule has 1 unspecified atom stereocenters. The van der Waals surface area contributed by atoms with Gasteiger partial charge in [0.05, 0.1) is 12.6 Å². The molecular weight excluding hydrogens is 256 g/mol. The van der Waals surface area contributed by atoms with E-state index in [2.05, 4.69) is 5.32 Å². The zero-order valence-electron chi connectivity index (χ0n) is 11.6. The number of carbonyl (C=O) groups is 2. The van der Waals surface area contributed by atoms with Crippen molar-refractivity contribution in [2.75, 3.05) is 20.1 Å². The lowest BCUT2D eigenvalue weighted by atomic mass is 10.2. The minimum Gasteiger partial charge on any atom is -0.391 e. The first-order valence-corrected chi connectivity index (χ1v) is 6.83. The molecule has 1 aromatic rings. The molecule has 1 aliphatic rings. The van der Waals surface area contributed by atoms with Gasteiger partial charge in [-0.25, -0.2) is 0 Å². The first-order valence-electron chi connectivity index (χ1n) is 6.83. The van der Waals surface area contributed by atoms with Crippen molar-refractivity contribution in [2.45, 2.75) is 18.9 Å². The van der Waals surface area contributed by atoms with Crippen LogP contribution < -0.4 is 5.32 Å². The predicted octanol–water partition coefficient (Wildman–Crippen LogP) is 0.646. The van der Waals surface area contributed by atoms with Gasteiger partial charge in [-0.05, 0) is 30.9 Å². The van der Waals surface area contributed by atoms with Crippen molar-refractivity contribution in [3.05, 3.63) is 35.9 Å². The minimum atomic E-state index is -0.450. The average molecular weight is 276 g/mol. The van der Waals surface area contributed by atoms with Gasteiger partial charge in [-0.15, -0.1) is 0 Å². The molecule has 20 heavy (non-hydrogen) atoms. The Morgan fingerprint density at radius 1 is 1.35 bits per heavy atom. The number of aliphatic hydroxyl groups is 1. The van der Waals surface area contributed by atoms with Crippen molar-refractivity contribution >= 4 is 11.8 Å². The van der Waals surface area contributed by atoms with Crippen LogP contribution in [0.25, 0.3) is 0 Å². The van der Waals surface area contributed by atoms with E-state index in [0.717, 1.165) is 12.8 Å². The molecule has 5 nitrogen and oxygen atoms in total. The molecule has 0 heterocycles. The molecule has 2 rings (SSSR count). The minimum absolute atomic E-state index is 0.0540. The molecule has 5 heteroatoms. The molecule has 0 radical (unpaired) electrons. The largest absolute Gasteiger partial charge is 0.391 e. The fraction of sp³-hybridized carbons (Fsp3) is 0.467. The van der Waals surface area contributed by atoms with Crippen LogP contribution in [-0.4, -0.2) is 48.1 Å². The zero-order chi connectivity index (χ0) is 14.5. The Morgan fingerprint density at radius 3 is 2.60 bits per heavy atom. The summed E-state index contributed by atoms with van der Waals surface area (Å²) >= 11 is 0. The summed E-state index contributed by atoms with van der Waals surface area (Å²) in [6, 6.07) is 8.76. The van der Waals surface area contributed by atoms with Gasteiger partial charge in [-0.2, -0.15) is 0 Å². The highest BCUT2D eigenvalue weighted by atomic mass is 16.3. The van der Waals surface area contributed by atoms with Crippen molar-refractivity contribution in [2.24, 2.45) is 5.92 Å². The average Bonchev–Trinajstić information content (AvgIpc) is 3.29. The van der Waals surface area contributed by atoms with Gasteiger partial charge >= 0.3 is 0 Å². The summed E-state index contributed by atoms with van der Waals surface area (Å²) in [6.45, 7) is 0.270. The Bertz CT molecular complexity index is 471. The van der Waals surface area contributed by atoms with Gasteiger partial charge in [0.15, 0.2) is 0 Å². The molecule has 1 aliphatic carbocycles. The summed E-state index contributed by atoms with van der Waals surface area (Å²) in [5.74, 6) is -0.131. The number of amides is 2. The molecule has 1 fully saturated rings. The lowest BCUT2D eigenvalue weighted by molar-refractivity contribution is -0.130. The molecule has 1 atom stereocenters. The smallest absolute Gasteiger partial charge is 0.251 e. The highest BCUT2D eigenvalue weighted by molar-refractivity contribution is 5.96. The first kappa shape index (κ1) is 14.5. The Hall–Kier alpha value is -1.88. The molecule has 0 bridgehead atoms. The van der Waals surface area contributed by atoms with E-state index in [4.69, 9.17) is 0 Å². The van der Waals surface area contributed by atoms with Crippen LogP contribution in [0.15, 0.2) is 30.3 Å². The zero-order valence-corrected chi connectivity index (χ0v) is 11.6. The lowest BCUT2D eigenvalue weighted by Gasteiger charge is -2.20. The SMILES string of the molecule is CN(CC(O)C1CC1)C(=O)CNC(=O)c1ccccc1. The number of hydrogen-bond acceptors (Lipinski definition) is 3. The maximum absolute atomic E-state index is 11.9. The number of likely N-dealkylation sites (N-methyl/N-ethyl adjacent to an activating group) is 1. The van der Waals surface area contributed by atoms with Crippen LogP contribution in [0.1, 0.15) is 23.2 Å². The Kier molecular flexibility index (Phi) is 4.74. The van der Waals surface area contributed by atoms with Crippen molar-refractivity contribution in [1.82, 2.24) is 10.2 Å². The van der Waals surface area contributed by atoms with Crippen LogP contribution in [0, 0.1) is 5.92 Å². The highest BCUT2D eigenvalue weighted by Gasteiger charge is 2.31. The Labute approximate surface area is 118 Å². The summed E-state index contributed by atoms with van der Waals surface area (Å²) in [4.78, 5) is 25.1. The second kappa shape index (κ2) is 6.52. The van der Waals surface area contributed by atoms with Crippen LogP contribution in [0.3, 0.4) is 0 Å². The summed E-state index contributed by atoms with van der Waals surface area (Å²) < 4.78 is 0. The van der Waals surface area contributed by atoms with E-state index < -0.39 is 6.10 Å². The number of carbonyl (C=O) groups excluding carboxylic acids is 2. The van der Waals surface area contributed by atoms with Crippen LogP contribution in [-0.2, 0) is 4.79 Å². The number of aliphatic hydroxyl groups excluding tert-OH is 1. The van der Waals surface area contributed by atoms with Gasteiger partial charge in [0.2, 0.25) is 5.91 Å². The standard InChI is InChI=1S/C15H20N2O3/c1-17(10-13(18)11-7-8-11)14(19)9-16-15(20)12-5-3-2-4-6-12/h2-6,11,13,18H,7-10H2,1H3,(H,16,20). The van der Waals surface area contributed by atoms with Gasteiger partial charge < -0.3 is 15.3 Å². The number of nitrogens with one attached hydrogen (secondary N) is 1. The second-order valence-electron chi connectivity index (χ2n) is 5.23. The Morgan fingerprint density at radius 2 is 2.00 bits per heavy atom. The van der Waals surface area contributed by atoms with Crippen molar-refractivity contribution in [1.29, 1.82) is 0 Å². The van der Waals surface area contributed by atoms with Crippen LogP contribution >= 0.6 is 0 Å². The molecule has 1 saturated carbocycles. The summed E-state index contributed by atoms with van der Waals surface area (Å²) in [7, 11) is 1.64. The molecule has 1 aromatic carbocycles. The van der Waals surface area contributed by atoms with Gasteiger partial charge in [-0.3, -0.25) is 9.59 Å². The summed E-state index contributed by atoms with van der Waals surface area (Å²) in [6.07, 6.45) is 1.62. The van der Waals surface area contributed by atoms with E-state index in [9.17, 15) is 14.7 Å². The summed E-state index contributed by atoms with van der Waals surface area (Å²) in [5, 5.41) is 12.4. The van der Waals surface area contributed by atoms with E-state index in [1.165, 1.54) is 4.90 Å². The molecule has 2 N–H and O–H groups in total. The van der Waals surface area contributed by atoms with E-state index in [1.807, 2.05) is 6.07 Å². The molecule has 0 spiro atoms.